The van der Waals surface area contributed by atoms with Gasteiger partial charge in [-0.2, -0.15) is 0 Å². The summed E-state index contributed by atoms with van der Waals surface area (Å²) in [6.45, 7) is 0. The quantitative estimate of drug-likeness (QED) is 0.678. The number of rotatable bonds is 8. The molecule has 1 aromatic carbocycles. The molecule has 2 aliphatic rings. The molecule has 0 radical (unpaired) electrons. The molecule has 1 heterocycles. The van der Waals surface area contributed by atoms with Crippen LogP contribution in [-0.2, 0) is 11.2 Å². The van der Waals surface area contributed by atoms with Gasteiger partial charge in [0.1, 0.15) is 0 Å². The van der Waals surface area contributed by atoms with Crippen LogP contribution in [0.15, 0.2) is 27.8 Å². The molecule has 8 heteroatoms. The minimum Gasteiger partial charge on any atom is -0.493 e. The molecule has 3 atom stereocenters. The summed E-state index contributed by atoms with van der Waals surface area (Å²) < 4.78 is 16.2. The zero-order valence-electron chi connectivity index (χ0n) is 16.1. The maximum atomic E-state index is 12.2. The summed E-state index contributed by atoms with van der Waals surface area (Å²) >= 11 is 1.28. The van der Waals surface area contributed by atoms with Gasteiger partial charge in [-0.05, 0) is 48.8 Å². The number of thioether (sulfide) groups is 1. The summed E-state index contributed by atoms with van der Waals surface area (Å²) in [5.74, 6) is 3.67. The van der Waals surface area contributed by atoms with Crippen LogP contribution in [0.4, 0.5) is 0 Å². The van der Waals surface area contributed by atoms with Crippen LogP contribution in [0.25, 0.3) is 0 Å². The Kier molecular flexibility index (Phi) is 5.75. The number of carbonyl (C=O) groups is 1. The molecule has 0 saturated heterocycles. The van der Waals surface area contributed by atoms with Gasteiger partial charge in [0.05, 0.1) is 26.4 Å². The monoisotopic (exact) mass is 403 g/mol. The summed E-state index contributed by atoms with van der Waals surface area (Å²) in [5.41, 5.74) is 0.979. The van der Waals surface area contributed by atoms with Crippen molar-refractivity contribution in [1.29, 1.82) is 0 Å². The number of amides is 1. The normalized spacial score (nSPS) is 23.0. The van der Waals surface area contributed by atoms with Gasteiger partial charge in [0.2, 0.25) is 11.8 Å². The van der Waals surface area contributed by atoms with Gasteiger partial charge in [-0.1, -0.05) is 24.2 Å². The Labute approximate surface area is 168 Å². The minimum atomic E-state index is 0.0437. The van der Waals surface area contributed by atoms with E-state index in [0.29, 0.717) is 46.7 Å². The predicted octanol–water partition coefficient (Wildman–Crippen LogP) is 3.07. The molecule has 1 N–H and O–H groups in total. The Balaban J connectivity index is 1.28. The predicted molar refractivity (Wildman–Crippen MR) is 105 cm³/mol. The molecule has 150 valence electrons. The van der Waals surface area contributed by atoms with Crippen LogP contribution in [0.2, 0.25) is 0 Å². The lowest BCUT2D eigenvalue weighted by molar-refractivity contribution is -0.119. The van der Waals surface area contributed by atoms with Gasteiger partial charge in [-0.3, -0.25) is 4.79 Å². The molecular formula is C20H25N3O4S. The van der Waals surface area contributed by atoms with E-state index >= 15 is 0 Å². The van der Waals surface area contributed by atoms with Gasteiger partial charge in [0.15, 0.2) is 11.5 Å². The zero-order valence-corrected chi connectivity index (χ0v) is 17.0. The van der Waals surface area contributed by atoms with Crippen LogP contribution < -0.4 is 14.8 Å². The number of ether oxygens (including phenoxy) is 2. The van der Waals surface area contributed by atoms with E-state index in [4.69, 9.17) is 13.9 Å². The van der Waals surface area contributed by atoms with E-state index in [2.05, 4.69) is 15.5 Å². The number of hydrogen-bond acceptors (Lipinski definition) is 7. The molecular weight excluding hydrogens is 378 g/mol. The first-order chi connectivity index (χ1) is 13.6. The summed E-state index contributed by atoms with van der Waals surface area (Å²) in [7, 11) is 3.21. The second kappa shape index (κ2) is 8.43. The number of aromatic nitrogens is 2. The van der Waals surface area contributed by atoms with Crippen LogP contribution in [-0.4, -0.2) is 42.1 Å². The van der Waals surface area contributed by atoms with E-state index in [1.165, 1.54) is 31.0 Å². The molecule has 1 amide bonds. The second-order valence-electron chi connectivity index (χ2n) is 7.47. The largest absolute Gasteiger partial charge is 0.493 e. The molecule has 2 saturated carbocycles. The van der Waals surface area contributed by atoms with Crippen molar-refractivity contribution >= 4 is 17.7 Å². The van der Waals surface area contributed by atoms with Gasteiger partial charge in [-0.15, -0.1) is 10.2 Å². The highest BCUT2D eigenvalue weighted by molar-refractivity contribution is 7.99. The highest BCUT2D eigenvalue weighted by atomic mass is 32.2. The highest BCUT2D eigenvalue weighted by Gasteiger charge is 2.40. The van der Waals surface area contributed by atoms with E-state index < -0.39 is 0 Å². The maximum absolute atomic E-state index is 12.2. The van der Waals surface area contributed by atoms with Crippen molar-refractivity contribution in [2.24, 2.45) is 11.8 Å². The lowest BCUT2D eigenvalue weighted by Crippen LogP contribution is -2.39. The van der Waals surface area contributed by atoms with Crippen molar-refractivity contribution in [3.63, 3.8) is 0 Å². The van der Waals surface area contributed by atoms with Crippen LogP contribution in [0.3, 0.4) is 0 Å². The number of nitrogens with one attached hydrogen (secondary N) is 1. The second-order valence-corrected chi connectivity index (χ2v) is 8.39. The standard InChI is InChI=1S/C20H25N3O4S/c1-25-16-6-4-13(9-17(16)26-2)10-19-22-23-20(27-19)28-11-18(24)21-15-8-12-3-5-14(15)7-12/h4,6,9,12,14-15H,3,5,7-8,10-11H2,1-2H3,(H,21,24). The molecule has 0 aliphatic heterocycles. The average Bonchev–Trinajstić information content (AvgIpc) is 3.43. The molecule has 1 aromatic heterocycles. The molecule has 28 heavy (non-hydrogen) atoms. The van der Waals surface area contributed by atoms with Crippen LogP contribution >= 0.6 is 11.8 Å². The smallest absolute Gasteiger partial charge is 0.277 e. The topological polar surface area (TPSA) is 86.5 Å². The summed E-state index contributed by atoms with van der Waals surface area (Å²) in [4.78, 5) is 12.2. The molecule has 2 fully saturated rings. The number of fused-ring (bicyclic) bond motifs is 2. The molecule has 7 nitrogen and oxygen atoms in total. The van der Waals surface area contributed by atoms with Crippen LogP contribution in [0.1, 0.15) is 37.1 Å². The fraction of sp³-hybridized carbons (Fsp3) is 0.550. The van der Waals surface area contributed by atoms with E-state index in [9.17, 15) is 4.79 Å². The lowest BCUT2D eigenvalue weighted by Gasteiger charge is -2.22. The van der Waals surface area contributed by atoms with Crippen LogP contribution in [0.5, 0.6) is 11.5 Å². The van der Waals surface area contributed by atoms with Crippen LogP contribution in [0, 0.1) is 11.8 Å². The van der Waals surface area contributed by atoms with Crippen molar-refractivity contribution in [2.75, 3.05) is 20.0 Å². The number of carbonyl (C=O) groups excluding carboxylic acids is 1. The third kappa shape index (κ3) is 4.27. The van der Waals surface area contributed by atoms with E-state index in [-0.39, 0.29) is 5.91 Å². The first-order valence-corrected chi connectivity index (χ1v) is 10.6. The number of hydrogen-bond donors (Lipinski definition) is 1. The Morgan fingerprint density at radius 3 is 2.79 bits per heavy atom. The fourth-order valence-electron chi connectivity index (χ4n) is 4.33. The van der Waals surface area contributed by atoms with Gasteiger partial charge >= 0.3 is 0 Å². The van der Waals surface area contributed by atoms with Gasteiger partial charge in [-0.25, -0.2) is 0 Å². The molecule has 2 bridgehead atoms. The average molecular weight is 404 g/mol. The maximum Gasteiger partial charge on any atom is 0.277 e. The number of nitrogens with zero attached hydrogens (tertiary/aromatic N) is 2. The van der Waals surface area contributed by atoms with Crippen molar-refractivity contribution in [3.8, 4) is 11.5 Å². The van der Waals surface area contributed by atoms with E-state index in [1.807, 2.05) is 18.2 Å². The SMILES string of the molecule is COc1ccc(Cc2nnc(SCC(=O)NC3CC4CCC3C4)o2)cc1OC. The molecule has 4 rings (SSSR count). The van der Waals surface area contributed by atoms with E-state index in [0.717, 1.165) is 17.9 Å². The summed E-state index contributed by atoms with van der Waals surface area (Å²) in [6.07, 6.45) is 5.49. The summed E-state index contributed by atoms with van der Waals surface area (Å²) in [5, 5.41) is 11.7. The zero-order chi connectivity index (χ0) is 19.5. The van der Waals surface area contributed by atoms with Crippen molar-refractivity contribution in [3.05, 3.63) is 29.7 Å². The fourth-order valence-corrected chi connectivity index (χ4v) is 4.92. The van der Waals surface area contributed by atoms with Gasteiger partial charge in [0, 0.05) is 6.04 Å². The number of benzene rings is 1. The first kappa shape index (κ1) is 19.1. The highest BCUT2D eigenvalue weighted by Crippen LogP contribution is 2.44. The summed E-state index contributed by atoms with van der Waals surface area (Å²) in [6, 6.07) is 6.02. The third-order valence-corrected chi connectivity index (χ3v) is 6.48. The Hall–Kier alpha value is -2.22. The Morgan fingerprint density at radius 1 is 1.21 bits per heavy atom. The number of methoxy groups -OCH3 is 2. The van der Waals surface area contributed by atoms with Crippen molar-refractivity contribution in [2.45, 2.75) is 43.4 Å². The Bertz CT molecular complexity index is 841. The molecule has 2 aliphatic carbocycles. The first-order valence-electron chi connectivity index (χ1n) is 9.60. The molecule has 0 spiro atoms. The van der Waals surface area contributed by atoms with Gasteiger partial charge in [0.25, 0.3) is 5.22 Å². The van der Waals surface area contributed by atoms with E-state index in [1.54, 1.807) is 14.2 Å². The van der Waals surface area contributed by atoms with Gasteiger partial charge < -0.3 is 19.2 Å². The van der Waals surface area contributed by atoms with Crippen molar-refractivity contribution < 1.29 is 18.7 Å². The van der Waals surface area contributed by atoms with Crippen molar-refractivity contribution in [1.82, 2.24) is 15.5 Å². The Morgan fingerprint density at radius 2 is 2.07 bits per heavy atom. The molecule has 2 aromatic rings. The minimum absolute atomic E-state index is 0.0437. The lowest BCUT2D eigenvalue weighted by atomic mass is 9.95. The third-order valence-electron chi connectivity index (χ3n) is 5.66. The molecule has 3 unspecified atom stereocenters.